The zero-order valence-electron chi connectivity index (χ0n) is 12.8. The normalized spacial score (nSPS) is 10.9. The number of aromatic nitrogens is 1. The van der Waals surface area contributed by atoms with Crippen LogP contribution in [0.2, 0.25) is 0 Å². The molecule has 0 bridgehead atoms. The van der Waals surface area contributed by atoms with E-state index in [-0.39, 0.29) is 11.6 Å². The Kier molecular flexibility index (Phi) is 3.70. The van der Waals surface area contributed by atoms with Gasteiger partial charge in [-0.15, -0.1) is 0 Å². The maximum absolute atomic E-state index is 12.1. The first kappa shape index (κ1) is 15.0. The van der Waals surface area contributed by atoms with E-state index in [9.17, 15) is 14.4 Å². The van der Waals surface area contributed by atoms with E-state index in [2.05, 4.69) is 0 Å². The summed E-state index contributed by atoms with van der Waals surface area (Å²) in [5.41, 5.74) is 2.93. The average molecular weight is 309 g/mol. The van der Waals surface area contributed by atoms with Crippen molar-refractivity contribution in [2.75, 3.05) is 0 Å². The molecule has 0 saturated heterocycles. The van der Waals surface area contributed by atoms with E-state index in [0.717, 1.165) is 5.56 Å². The fourth-order valence-electron chi connectivity index (χ4n) is 2.51. The van der Waals surface area contributed by atoms with Crippen molar-refractivity contribution in [2.45, 2.75) is 20.4 Å². The van der Waals surface area contributed by atoms with Crippen LogP contribution in [-0.4, -0.2) is 16.1 Å². The predicted octanol–water partition coefficient (Wildman–Crippen LogP) is 3.05. The van der Waals surface area contributed by atoms with Gasteiger partial charge in [0.05, 0.1) is 12.1 Å². The van der Waals surface area contributed by atoms with Gasteiger partial charge in [-0.1, -0.05) is 18.2 Å². The summed E-state index contributed by atoms with van der Waals surface area (Å²) in [5.74, 6) is -0.604. The summed E-state index contributed by atoms with van der Waals surface area (Å²) in [4.78, 5) is 35.0. The van der Waals surface area contributed by atoms with Crippen molar-refractivity contribution in [2.24, 2.45) is 0 Å². The maximum atomic E-state index is 12.1. The minimum atomic E-state index is -0.492. The molecule has 0 aliphatic rings. The highest BCUT2D eigenvalue weighted by Crippen LogP contribution is 2.17. The van der Waals surface area contributed by atoms with Crippen molar-refractivity contribution in [1.29, 1.82) is 0 Å². The Bertz CT molecular complexity index is 978. The lowest BCUT2D eigenvalue weighted by Gasteiger charge is -2.04. The lowest BCUT2D eigenvalue weighted by Crippen LogP contribution is -2.15. The van der Waals surface area contributed by atoms with Gasteiger partial charge in [-0.25, -0.2) is 4.79 Å². The van der Waals surface area contributed by atoms with Crippen LogP contribution < -0.4 is 5.76 Å². The number of nitrogens with zero attached hydrogens (tertiary/aromatic N) is 1. The molecule has 23 heavy (non-hydrogen) atoms. The molecule has 0 spiro atoms. The molecular weight excluding hydrogens is 294 g/mol. The molecule has 3 rings (SSSR count). The van der Waals surface area contributed by atoms with E-state index in [1.165, 1.54) is 18.4 Å². The fourth-order valence-corrected chi connectivity index (χ4v) is 2.51. The van der Waals surface area contributed by atoms with Crippen LogP contribution in [0, 0.1) is 0 Å². The Hall–Kier alpha value is -2.95. The van der Waals surface area contributed by atoms with E-state index in [0.29, 0.717) is 28.8 Å². The molecule has 116 valence electrons. The van der Waals surface area contributed by atoms with Gasteiger partial charge in [-0.3, -0.25) is 14.2 Å². The summed E-state index contributed by atoms with van der Waals surface area (Å²) in [6.45, 7) is 3.26. The first-order valence-corrected chi connectivity index (χ1v) is 7.20. The van der Waals surface area contributed by atoms with Gasteiger partial charge in [0.15, 0.2) is 17.1 Å². The summed E-state index contributed by atoms with van der Waals surface area (Å²) < 4.78 is 6.71. The smallest absolute Gasteiger partial charge is 0.408 e. The van der Waals surface area contributed by atoms with Gasteiger partial charge < -0.3 is 4.42 Å². The molecule has 0 saturated carbocycles. The number of rotatable bonds is 4. The lowest BCUT2D eigenvalue weighted by molar-refractivity contribution is 0.100. The highest BCUT2D eigenvalue weighted by Gasteiger charge is 2.12. The number of carbonyl (C=O) groups is 2. The Morgan fingerprint density at radius 3 is 2.39 bits per heavy atom. The van der Waals surface area contributed by atoms with Crippen molar-refractivity contribution in [1.82, 2.24) is 4.57 Å². The molecule has 0 radical (unpaired) electrons. The van der Waals surface area contributed by atoms with Crippen molar-refractivity contribution in [3.05, 3.63) is 69.7 Å². The summed E-state index contributed by atoms with van der Waals surface area (Å²) in [5, 5.41) is 0. The van der Waals surface area contributed by atoms with Gasteiger partial charge in [0, 0.05) is 11.1 Å². The van der Waals surface area contributed by atoms with Crippen LogP contribution in [0.25, 0.3) is 11.1 Å². The van der Waals surface area contributed by atoms with Crippen LogP contribution >= 0.6 is 0 Å². The summed E-state index contributed by atoms with van der Waals surface area (Å²) in [7, 11) is 0. The molecule has 0 N–H and O–H groups in total. The Labute approximate surface area is 132 Å². The number of fused-ring (bicyclic) bond motifs is 1. The molecule has 2 aromatic carbocycles. The average Bonchev–Trinajstić information content (AvgIpc) is 2.82. The van der Waals surface area contributed by atoms with E-state index in [1.807, 2.05) is 6.07 Å². The molecule has 0 fully saturated rings. The second kappa shape index (κ2) is 5.68. The Morgan fingerprint density at radius 2 is 1.70 bits per heavy atom. The van der Waals surface area contributed by atoms with Gasteiger partial charge in [0.1, 0.15) is 0 Å². The van der Waals surface area contributed by atoms with Crippen LogP contribution in [-0.2, 0) is 6.54 Å². The zero-order chi connectivity index (χ0) is 16.6. The Balaban J connectivity index is 2.05. The first-order chi connectivity index (χ1) is 11.0. The van der Waals surface area contributed by atoms with E-state index >= 15 is 0 Å². The third-order valence-corrected chi connectivity index (χ3v) is 3.75. The number of benzene rings is 2. The van der Waals surface area contributed by atoms with E-state index < -0.39 is 5.76 Å². The molecule has 0 aliphatic heterocycles. The second-order valence-corrected chi connectivity index (χ2v) is 5.45. The van der Waals surface area contributed by atoms with Crippen LogP contribution in [0.15, 0.2) is 51.7 Å². The van der Waals surface area contributed by atoms with Crippen molar-refractivity contribution in [3.63, 3.8) is 0 Å². The standard InChI is InChI=1S/C18H15NO4/c1-11(20)14-5-3-4-13(8-14)10-19-16-7-6-15(12(2)21)9-17(16)23-18(19)22/h3-9H,10H2,1-2H3. The van der Waals surface area contributed by atoms with Gasteiger partial charge in [-0.2, -0.15) is 0 Å². The predicted molar refractivity (Wildman–Crippen MR) is 86.0 cm³/mol. The van der Waals surface area contributed by atoms with Gasteiger partial charge in [0.2, 0.25) is 0 Å². The molecule has 0 amide bonds. The molecule has 3 aromatic rings. The molecule has 1 heterocycles. The first-order valence-electron chi connectivity index (χ1n) is 7.20. The Morgan fingerprint density at radius 1 is 1.00 bits per heavy atom. The third kappa shape index (κ3) is 2.85. The van der Waals surface area contributed by atoms with Crippen LogP contribution in [0.3, 0.4) is 0 Å². The number of ketones is 2. The lowest BCUT2D eigenvalue weighted by atomic mass is 10.1. The molecular formula is C18H15NO4. The quantitative estimate of drug-likeness (QED) is 0.695. The highest BCUT2D eigenvalue weighted by atomic mass is 16.4. The molecule has 0 aliphatic carbocycles. The van der Waals surface area contributed by atoms with E-state index in [1.54, 1.807) is 36.4 Å². The topological polar surface area (TPSA) is 69.3 Å². The van der Waals surface area contributed by atoms with Crippen LogP contribution in [0.5, 0.6) is 0 Å². The summed E-state index contributed by atoms with van der Waals surface area (Å²) >= 11 is 0. The number of hydrogen-bond donors (Lipinski definition) is 0. The zero-order valence-corrected chi connectivity index (χ0v) is 12.8. The summed E-state index contributed by atoms with van der Waals surface area (Å²) in [6.07, 6.45) is 0. The van der Waals surface area contributed by atoms with Crippen molar-refractivity contribution < 1.29 is 14.0 Å². The molecule has 0 unspecified atom stereocenters. The van der Waals surface area contributed by atoms with E-state index in [4.69, 9.17) is 4.42 Å². The number of Topliss-reactive ketones (excluding diaryl/α,β-unsaturated/α-hetero) is 2. The molecule has 1 aromatic heterocycles. The van der Waals surface area contributed by atoms with Crippen LogP contribution in [0.1, 0.15) is 40.1 Å². The fraction of sp³-hybridized carbons (Fsp3) is 0.167. The van der Waals surface area contributed by atoms with Gasteiger partial charge >= 0.3 is 5.76 Å². The SMILES string of the molecule is CC(=O)c1cccc(Cn2c(=O)oc3cc(C(C)=O)ccc32)c1. The monoisotopic (exact) mass is 309 g/mol. The summed E-state index contributed by atoms with van der Waals surface area (Å²) in [6, 6.07) is 12.1. The minimum absolute atomic E-state index is 0.0256. The number of oxazole rings is 1. The highest BCUT2D eigenvalue weighted by molar-refractivity contribution is 5.97. The van der Waals surface area contributed by atoms with Crippen molar-refractivity contribution >= 4 is 22.7 Å². The maximum Gasteiger partial charge on any atom is 0.420 e. The largest absolute Gasteiger partial charge is 0.420 e. The van der Waals surface area contributed by atoms with Gasteiger partial charge in [0.25, 0.3) is 0 Å². The van der Waals surface area contributed by atoms with Crippen LogP contribution in [0.4, 0.5) is 0 Å². The third-order valence-electron chi connectivity index (χ3n) is 3.75. The van der Waals surface area contributed by atoms with Crippen molar-refractivity contribution in [3.8, 4) is 0 Å². The number of carbonyl (C=O) groups excluding carboxylic acids is 2. The number of hydrogen-bond acceptors (Lipinski definition) is 4. The minimum Gasteiger partial charge on any atom is -0.408 e. The molecule has 5 nitrogen and oxygen atoms in total. The molecule has 0 atom stereocenters. The molecule has 5 heteroatoms. The van der Waals surface area contributed by atoms with Gasteiger partial charge in [-0.05, 0) is 43.7 Å². The second-order valence-electron chi connectivity index (χ2n) is 5.45.